The minimum absolute atomic E-state index is 0.206. The SMILES string of the molecule is O=S(=O)(Nc1ccc(Nc2ccc(N3CCCC3)cc2)cn1)c1ccccc1. The summed E-state index contributed by atoms with van der Waals surface area (Å²) in [6, 6.07) is 20.0. The van der Waals surface area contributed by atoms with Gasteiger partial charge in [0.1, 0.15) is 5.82 Å². The normalized spacial score (nSPS) is 14.1. The highest BCUT2D eigenvalue weighted by Crippen LogP contribution is 2.24. The van der Waals surface area contributed by atoms with Crippen molar-refractivity contribution in [3.8, 4) is 0 Å². The highest BCUT2D eigenvalue weighted by Gasteiger charge is 2.14. The van der Waals surface area contributed by atoms with E-state index in [1.54, 1.807) is 48.7 Å². The lowest BCUT2D eigenvalue weighted by molar-refractivity contribution is 0.601. The highest BCUT2D eigenvalue weighted by atomic mass is 32.2. The van der Waals surface area contributed by atoms with Crippen molar-refractivity contribution < 1.29 is 8.42 Å². The first-order valence-corrected chi connectivity index (χ1v) is 10.7. The molecule has 2 heterocycles. The van der Waals surface area contributed by atoms with Crippen molar-refractivity contribution in [1.82, 2.24) is 4.98 Å². The molecular weight excluding hydrogens is 372 g/mol. The number of sulfonamides is 1. The number of nitrogens with zero attached hydrogens (tertiary/aromatic N) is 2. The minimum atomic E-state index is -3.64. The molecule has 3 aromatic rings. The largest absolute Gasteiger partial charge is 0.372 e. The summed E-state index contributed by atoms with van der Waals surface area (Å²) in [7, 11) is -3.64. The van der Waals surface area contributed by atoms with Crippen LogP contribution in [0.2, 0.25) is 0 Å². The Balaban J connectivity index is 1.40. The number of pyridine rings is 1. The molecule has 1 aliphatic rings. The average Bonchev–Trinajstić information content (AvgIpc) is 3.25. The molecule has 28 heavy (non-hydrogen) atoms. The zero-order valence-electron chi connectivity index (χ0n) is 15.4. The average molecular weight is 395 g/mol. The predicted octanol–water partition coefficient (Wildman–Crippen LogP) is 4.23. The number of hydrogen-bond acceptors (Lipinski definition) is 5. The van der Waals surface area contributed by atoms with Crippen LogP contribution in [0.3, 0.4) is 0 Å². The molecule has 0 radical (unpaired) electrons. The van der Waals surface area contributed by atoms with Gasteiger partial charge in [-0.15, -0.1) is 0 Å². The molecule has 0 aliphatic carbocycles. The van der Waals surface area contributed by atoms with Gasteiger partial charge in [-0.3, -0.25) is 4.72 Å². The van der Waals surface area contributed by atoms with Crippen LogP contribution in [0.1, 0.15) is 12.8 Å². The fourth-order valence-electron chi connectivity index (χ4n) is 3.22. The Hall–Kier alpha value is -3.06. The van der Waals surface area contributed by atoms with Gasteiger partial charge in [0.15, 0.2) is 0 Å². The maximum Gasteiger partial charge on any atom is 0.263 e. The van der Waals surface area contributed by atoms with Gasteiger partial charge in [-0.2, -0.15) is 0 Å². The number of hydrogen-bond donors (Lipinski definition) is 2. The predicted molar refractivity (Wildman–Crippen MR) is 113 cm³/mol. The van der Waals surface area contributed by atoms with Gasteiger partial charge in [-0.05, 0) is 61.4 Å². The summed E-state index contributed by atoms with van der Waals surface area (Å²) in [5, 5.41) is 3.29. The van der Waals surface area contributed by atoms with Crippen LogP contribution in [-0.4, -0.2) is 26.5 Å². The Morgan fingerprint density at radius 1 is 0.821 bits per heavy atom. The summed E-state index contributed by atoms with van der Waals surface area (Å²) >= 11 is 0. The second-order valence-electron chi connectivity index (χ2n) is 6.72. The summed E-state index contributed by atoms with van der Waals surface area (Å²) in [6.07, 6.45) is 4.12. The maximum absolute atomic E-state index is 12.3. The summed E-state index contributed by atoms with van der Waals surface area (Å²) in [6.45, 7) is 2.24. The van der Waals surface area contributed by atoms with Crippen LogP contribution < -0.4 is 14.9 Å². The van der Waals surface area contributed by atoms with E-state index < -0.39 is 10.0 Å². The third-order valence-electron chi connectivity index (χ3n) is 4.68. The second kappa shape index (κ2) is 7.90. The van der Waals surface area contributed by atoms with Gasteiger partial charge in [0.2, 0.25) is 0 Å². The van der Waals surface area contributed by atoms with E-state index in [1.165, 1.54) is 18.5 Å². The molecule has 2 N–H and O–H groups in total. The molecule has 0 saturated carbocycles. The zero-order valence-corrected chi connectivity index (χ0v) is 16.2. The van der Waals surface area contributed by atoms with E-state index in [2.05, 4.69) is 32.1 Å². The molecule has 0 spiro atoms. The van der Waals surface area contributed by atoms with Gasteiger partial charge in [0.25, 0.3) is 10.0 Å². The Bertz CT molecular complexity index is 1010. The first-order valence-electron chi connectivity index (χ1n) is 9.26. The van der Waals surface area contributed by atoms with Crippen molar-refractivity contribution in [3.05, 3.63) is 72.9 Å². The topological polar surface area (TPSA) is 74.3 Å². The summed E-state index contributed by atoms with van der Waals surface area (Å²) in [4.78, 5) is 6.80. The Labute approximate surface area is 165 Å². The summed E-state index contributed by atoms with van der Waals surface area (Å²) in [5.41, 5.74) is 2.99. The third-order valence-corrected chi connectivity index (χ3v) is 6.05. The van der Waals surface area contributed by atoms with E-state index in [0.29, 0.717) is 0 Å². The molecule has 6 nitrogen and oxygen atoms in total. The lowest BCUT2D eigenvalue weighted by Gasteiger charge is -2.18. The first kappa shape index (κ1) is 18.3. The highest BCUT2D eigenvalue weighted by molar-refractivity contribution is 7.92. The minimum Gasteiger partial charge on any atom is -0.372 e. The molecule has 0 unspecified atom stereocenters. The van der Waals surface area contributed by atoms with Crippen molar-refractivity contribution in [1.29, 1.82) is 0 Å². The van der Waals surface area contributed by atoms with E-state index in [4.69, 9.17) is 0 Å². The standard InChI is InChI=1S/C21H22N4O2S/c26-28(27,20-6-2-1-3-7-20)24-21-13-10-18(16-22-21)23-17-8-11-19(12-9-17)25-14-4-5-15-25/h1-3,6-13,16,23H,4-5,14-15H2,(H,22,24). The molecule has 0 amide bonds. The van der Waals surface area contributed by atoms with Crippen LogP contribution in [0, 0.1) is 0 Å². The van der Waals surface area contributed by atoms with Crippen LogP contribution in [0.25, 0.3) is 0 Å². The van der Waals surface area contributed by atoms with E-state index in [1.807, 2.05) is 12.1 Å². The number of benzene rings is 2. The second-order valence-corrected chi connectivity index (χ2v) is 8.40. The molecule has 1 saturated heterocycles. The number of aromatic nitrogens is 1. The number of rotatable bonds is 6. The van der Waals surface area contributed by atoms with Gasteiger partial charge < -0.3 is 10.2 Å². The van der Waals surface area contributed by atoms with Gasteiger partial charge >= 0.3 is 0 Å². The molecule has 7 heteroatoms. The fourth-order valence-corrected chi connectivity index (χ4v) is 4.25. The van der Waals surface area contributed by atoms with E-state index in [9.17, 15) is 8.42 Å². The van der Waals surface area contributed by atoms with Crippen molar-refractivity contribution >= 4 is 32.9 Å². The third kappa shape index (κ3) is 4.26. The summed E-state index contributed by atoms with van der Waals surface area (Å²) < 4.78 is 27.2. The van der Waals surface area contributed by atoms with Gasteiger partial charge in [0, 0.05) is 24.5 Å². The molecule has 0 atom stereocenters. The molecule has 1 aliphatic heterocycles. The van der Waals surface area contributed by atoms with Gasteiger partial charge in [-0.1, -0.05) is 18.2 Å². The molecule has 2 aromatic carbocycles. The van der Waals surface area contributed by atoms with Crippen molar-refractivity contribution in [2.24, 2.45) is 0 Å². The van der Waals surface area contributed by atoms with Crippen molar-refractivity contribution in [2.75, 3.05) is 28.0 Å². The Morgan fingerprint density at radius 3 is 2.14 bits per heavy atom. The quantitative estimate of drug-likeness (QED) is 0.655. The van der Waals surface area contributed by atoms with E-state index >= 15 is 0 Å². The van der Waals surface area contributed by atoms with Crippen LogP contribution >= 0.6 is 0 Å². The number of nitrogens with one attached hydrogen (secondary N) is 2. The van der Waals surface area contributed by atoms with Gasteiger partial charge in [0.05, 0.1) is 16.8 Å². The van der Waals surface area contributed by atoms with Crippen LogP contribution in [0.5, 0.6) is 0 Å². The van der Waals surface area contributed by atoms with Crippen LogP contribution in [-0.2, 0) is 10.0 Å². The first-order chi connectivity index (χ1) is 13.6. The molecular formula is C21H22N4O2S. The molecule has 1 fully saturated rings. The van der Waals surface area contributed by atoms with E-state index in [-0.39, 0.29) is 10.7 Å². The maximum atomic E-state index is 12.3. The monoisotopic (exact) mass is 394 g/mol. The molecule has 1 aromatic heterocycles. The Kier molecular flexibility index (Phi) is 5.16. The molecule has 4 rings (SSSR count). The van der Waals surface area contributed by atoms with Crippen molar-refractivity contribution in [2.45, 2.75) is 17.7 Å². The van der Waals surface area contributed by atoms with Crippen molar-refractivity contribution in [3.63, 3.8) is 0 Å². The smallest absolute Gasteiger partial charge is 0.263 e. The van der Waals surface area contributed by atoms with Crippen LogP contribution in [0.15, 0.2) is 77.8 Å². The zero-order chi connectivity index (χ0) is 19.4. The molecule has 0 bridgehead atoms. The molecule has 144 valence electrons. The number of anilines is 4. The fraction of sp³-hybridized carbons (Fsp3) is 0.190. The van der Waals surface area contributed by atoms with E-state index in [0.717, 1.165) is 24.5 Å². The van der Waals surface area contributed by atoms with Crippen LogP contribution in [0.4, 0.5) is 22.9 Å². The Morgan fingerprint density at radius 2 is 1.50 bits per heavy atom. The lowest BCUT2D eigenvalue weighted by atomic mass is 10.2. The summed E-state index contributed by atoms with van der Waals surface area (Å²) in [5.74, 6) is 0.277. The van der Waals surface area contributed by atoms with Gasteiger partial charge in [-0.25, -0.2) is 13.4 Å². The lowest BCUT2D eigenvalue weighted by Crippen LogP contribution is -2.17.